The predicted octanol–water partition coefficient (Wildman–Crippen LogP) is 2.42. The van der Waals surface area contributed by atoms with Crippen LogP contribution in [0.4, 0.5) is 0 Å². The van der Waals surface area contributed by atoms with Gasteiger partial charge in [0.2, 0.25) is 5.91 Å². The fraction of sp³-hybridized carbons (Fsp3) is 0.294. The Morgan fingerprint density at radius 2 is 2.04 bits per heavy atom. The summed E-state index contributed by atoms with van der Waals surface area (Å²) in [5, 5.41) is 6.53. The number of rotatable bonds is 4. The average Bonchev–Trinajstić information content (AvgIpc) is 3.12. The van der Waals surface area contributed by atoms with Gasteiger partial charge in [0.05, 0.1) is 41.3 Å². The highest BCUT2D eigenvalue weighted by molar-refractivity contribution is 8.00. The van der Waals surface area contributed by atoms with Gasteiger partial charge in [-0.3, -0.25) is 4.79 Å². The van der Waals surface area contributed by atoms with Gasteiger partial charge in [-0.25, -0.2) is 14.6 Å². The number of carbonyl (C=O) groups is 1. The molecule has 1 saturated heterocycles. The molecule has 3 heterocycles. The predicted molar refractivity (Wildman–Crippen MR) is 99.8 cm³/mol. The van der Waals surface area contributed by atoms with E-state index in [1.807, 2.05) is 29.2 Å². The molecule has 134 valence electrons. The van der Waals surface area contributed by atoms with Gasteiger partial charge in [0, 0.05) is 13.1 Å². The average molecular weight is 390 g/mol. The number of nitrogens with zero attached hydrogens (tertiary/aromatic N) is 5. The first kappa shape index (κ1) is 17.3. The molecule has 1 fully saturated rings. The number of hydrogen-bond acceptors (Lipinski definition) is 6. The minimum Gasteiger partial charge on any atom is -0.378 e. The van der Waals surface area contributed by atoms with Crippen molar-refractivity contribution in [1.29, 1.82) is 0 Å². The van der Waals surface area contributed by atoms with E-state index >= 15 is 0 Å². The van der Waals surface area contributed by atoms with E-state index in [1.54, 1.807) is 10.9 Å². The highest BCUT2D eigenvalue weighted by Crippen LogP contribution is 2.28. The van der Waals surface area contributed by atoms with Crippen LogP contribution < -0.4 is 0 Å². The second-order valence-corrected chi connectivity index (χ2v) is 7.08. The fourth-order valence-corrected chi connectivity index (χ4v) is 3.85. The lowest BCUT2D eigenvalue weighted by Gasteiger charge is -2.26. The molecule has 0 bridgehead atoms. The van der Waals surface area contributed by atoms with E-state index in [1.165, 1.54) is 18.1 Å². The third kappa shape index (κ3) is 3.40. The Morgan fingerprint density at radius 3 is 2.85 bits per heavy atom. The Balaban J connectivity index is 1.57. The van der Waals surface area contributed by atoms with E-state index in [9.17, 15) is 4.79 Å². The van der Waals surface area contributed by atoms with E-state index in [2.05, 4.69) is 15.1 Å². The van der Waals surface area contributed by atoms with Gasteiger partial charge in [-0.1, -0.05) is 35.5 Å². The Labute approximate surface area is 159 Å². The summed E-state index contributed by atoms with van der Waals surface area (Å²) in [4.78, 5) is 22.8. The lowest BCUT2D eigenvalue weighted by Crippen LogP contribution is -2.41. The number of morpholine rings is 1. The number of hydrogen-bond donors (Lipinski definition) is 0. The van der Waals surface area contributed by atoms with Gasteiger partial charge < -0.3 is 9.64 Å². The van der Waals surface area contributed by atoms with Gasteiger partial charge in [-0.2, -0.15) is 5.10 Å². The standard InChI is InChI=1S/C17H16ClN5O2S/c18-13-3-1-2-4-14(13)23-16-12(9-21-23)17(20-11-19-16)26-10-15(24)22-5-7-25-8-6-22/h1-4,9,11H,5-8,10H2. The number of ether oxygens (including phenoxy) is 1. The van der Waals surface area contributed by atoms with Crippen molar-refractivity contribution in [3.8, 4) is 5.69 Å². The molecule has 3 aromatic rings. The molecule has 7 nitrogen and oxygen atoms in total. The lowest BCUT2D eigenvalue weighted by atomic mass is 10.3. The summed E-state index contributed by atoms with van der Waals surface area (Å²) in [7, 11) is 0. The van der Waals surface area contributed by atoms with Crippen LogP contribution >= 0.6 is 23.4 Å². The Hall–Kier alpha value is -2.16. The molecule has 1 aliphatic heterocycles. The van der Waals surface area contributed by atoms with Crippen molar-refractivity contribution in [3.05, 3.63) is 41.8 Å². The van der Waals surface area contributed by atoms with Crippen molar-refractivity contribution >= 4 is 40.3 Å². The Kier molecular flexibility index (Phi) is 5.05. The molecular formula is C17H16ClN5O2S. The summed E-state index contributed by atoms with van der Waals surface area (Å²) in [6, 6.07) is 7.45. The number of aromatic nitrogens is 4. The number of thioether (sulfide) groups is 1. The zero-order chi connectivity index (χ0) is 17.9. The normalized spacial score (nSPS) is 14.7. The Bertz CT molecular complexity index is 942. The fourth-order valence-electron chi connectivity index (χ4n) is 2.77. The van der Waals surface area contributed by atoms with Crippen molar-refractivity contribution in [3.63, 3.8) is 0 Å². The maximum absolute atomic E-state index is 12.3. The summed E-state index contributed by atoms with van der Waals surface area (Å²) in [5.41, 5.74) is 1.41. The van der Waals surface area contributed by atoms with E-state index in [0.29, 0.717) is 42.7 Å². The Morgan fingerprint density at radius 1 is 1.23 bits per heavy atom. The maximum atomic E-state index is 12.3. The van der Waals surface area contributed by atoms with Gasteiger partial charge in [0.15, 0.2) is 5.65 Å². The molecule has 1 amide bonds. The van der Waals surface area contributed by atoms with Crippen LogP contribution in [-0.2, 0) is 9.53 Å². The van der Waals surface area contributed by atoms with E-state index in [4.69, 9.17) is 16.3 Å². The highest BCUT2D eigenvalue weighted by Gasteiger charge is 2.19. The number of fused-ring (bicyclic) bond motifs is 1. The molecular weight excluding hydrogens is 374 g/mol. The molecule has 0 atom stereocenters. The van der Waals surface area contributed by atoms with E-state index in [-0.39, 0.29) is 5.91 Å². The zero-order valence-corrected chi connectivity index (χ0v) is 15.4. The van der Waals surface area contributed by atoms with Crippen LogP contribution in [0.5, 0.6) is 0 Å². The molecule has 0 radical (unpaired) electrons. The van der Waals surface area contributed by atoms with Crippen LogP contribution in [0.25, 0.3) is 16.7 Å². The van der Waals surface area contributed by atoms with Crippen molar-refractivity contribution in [2.45, 2.75) is 5.03 Å². The molecule has 0 saturated carbocycles. The van der Waals surface area contributed by atoms with Gasteiger partial charge in [-0.15, -0.1) is 0 Å². The summed E-state index contributed by atoms with van der Waals surface area (Å²) in [6.45, 7) is 2.48. The van der Waals surface area contributed by atoms with Gasteiger partial charge >= 0.3 is 0 Å². The number of halogens is 1. The zero-order valence-electron chi connectivity index (χ0n) is 13.8. The van der Waals surface area contributed by atoms with Crippen molar-refractivity contribution < 1.29 is 9.53 Å². The van der Waals surface area contributed by atoms with Crippen LogP contribution in [0.2, 0.25) is 5.02 Å². The molecule has 26 heavy (non-hydrogen) atoms. The molecule has 0 spiro atoms. The first-order valence-corrected chi connectivity index (χ1v) is 9.52. The van der Waals surface area contributed by atoms with Crippen molar-refractivity contribution in [2.24, 2.45) is 0 Å². The third-order valence-electron chi connectivity index (χ3n) is 4.11. The quantitative estimate of drug-likeness (QED) is 0.504. The molecule has 0 unspecified atom stereocenters. The summed E-state index contributed by atoms with van der Waals surface area (Å²) >= 11 is 7.67. The maximum Gasteiger partial charge on any atom is 0.233 e. The van der Waals surface area contributed by atoms with Crippen LogP contribution in [0.1, 0.15) is 0 Å². The van der Waals surface area contributed by atoms with E-state index < -0.39 is 0 Å². The molecule has 0 N–H and O–H groups in total. The SMILES string of the molecule is O=C(CSc1ncnc2c1cnn2-c1ccccc1Cl)N1CCOCC1. The summed E-state index contributed by atoms with van der Waals surface area (Å²) in [5.74, 6) is 0.409. The minimum absolute atomic E-state index is 0.0866. The first-order valence-electron chi connectivity index (χ1n) is 8.16. The van der Waals surface area contributed by atoms with Crippen LogP contribution in [0, 0.1) is 0 Å². The number of benzene rings is 1. The minimum atomic E-state index is 0.0866. The highest BCUT2D eigenvalue weighted by atomic mass is 35.5. The van der Waals surface area contributed by atoms with Crippen LogP contribution in [0.15, 0.2) is 41.8 Å². The summed E-state index contributed by atoms with van der Waals surface area (Å²) < 4.78 is 6.97. The van der Waals surface area contributed by atoms with Crippen LogP contribution in [0.3, 0.4) is 0 Å². The van der Waals surface area contributed by atoms with Crippen molar-refractivity contribution in [2.75, 3.05) is 32.1 Å². The monoisotopic (exact) mass is 389 g/mol. The second-order valence-electron chi connectivity index (χ2n) is 5.71. The van der Waals surface area contributed by atoms with E-state index in [0.717, 1.165) is 16.1 Å². The summed E-state index contributed by atoms with van der Waals surface area (Å²) in [6.07, 6.45) is 3.19. The smallest absolute Gasteiger partial charge is 0.233 e. The van der Waals surface area contributed by atoms with Crippen LogP contribution in [-0.4, -0.2) is 62.6 Å². The molecule has 0 aliphatic carbocycles. The lowest BCUT2D eigenvalue weighted by molar-refractivity contribution is -0.132. The topological polar surface area (TPSA) is 73.1 Å². The van der Waals surface area contributed by atoms with Gasteiger partial charge in [0.25, 0.3) is 0 Å². The third-order valence-corrected chi connectivity index (χ3v) is 5.42. The molecule has 9 heteroatoms. The van der Waals surface area contributed by atoms with Crippen molar-refractivity contribution in [1.82, 2.24) is 24.6 Å². The molecule has 4 rings (SSSR count). The van der Waals surface area contributed by atoms with Gasteiger partial charge in [0.1, 0.15) is 11.4 Å². The molecule has 1 aliphatic rings. The second kappa shape index (κ2) is 7.61. The number of amides is 1. The first-order chi connectivity index (χ1) is 12.7. The number of para-hydroxylation sites is 1. The van der Waals surface area contributed by atoms with Gasteiger partial charge in [-0.05, 0) is 12.1 Å². The number of carbonyl (C=O) groups excluding carboxylic acids is 1. The molecule has 1 aromatic carbocycles. The largest absolute Gasteiger partial charge is 0.378 e. The molecule has 2 aromatic heterocycles.